The third kappa shape index (κ3) is 6.16. The maximum atomic E-state index is 11.5. The Hall–Kier alpha value is -0.910. The van der Waals surface area contributed by atoms with Gasteiger partial charge in [0.15, 0.2) is 9.84 Å². The van der Waals surface area contributed by atoms with Crippen LogP contribution in [0.25, 0.3) is 0 Å². The minimum atomic E-state index is -3.12. The Morgan fingerprint density at radius 1 is 1.19 bits per heavy atom. The summed E-state index contributed by atoms with van der Waals surface area (Å²) in [5, 5.41) is 3.53. The van der Waals surface area contributed by atoms with Crippen LogP contribution in [0.2, 0.25) is 0 Å². The summed E-state index contributed by atoms with van der Waals surface area (Å²) in [4.78, 5) is 2.55. The first-order chi connectivity index (χ1) is 9.51. The molecule has 5 heteroatoms. The molecular formula is C16H28N2O2S. The molecule has 0 aliphatic carbocycles. The largest absolute Gasteiger partial charge is 0.310 e. The highest BCUT2D eigenvalue weighted by atomic mass is 32.2. The van der Waals surface area contributed by atoms with E-state index in [1.165, 1.54) is 6.26 Å². The molecule has 0 aromatic heterocycles. The zero-order valence-corrected chi connectivity index (χ0v) is 14.8. The molecule has 0 heterocycles. The molecule has 1 unspecified atom stereocenters. The van der Waals surface area contributed by atoms with Gasteiger partial charge in [-0.15, -0.1) is 0 Å². The molecule has 21 heavy (non-hydrogen) atoms. The first-order valence-corrected chi connectivity index (χ1v) is 9.08. The molecule has 0 saturated carbocycles. The van der Waals surface area contributed by atoms with Gasteiger partial charge in [-0.1, -0.05) is 26.0 Å². The van der Waals surface area contributed by atoms with Gasteiger partial charge in [-0.05, 0) is 44.1 Å². The summed E-state index contributed by atoms with van der Waals surface area (Å²) in [6.45, 7) is 8.49. The highest BCUT2D eigenvalue weighted by molar-refractivity contribution is 7.90. The summed E-state index contributed by atoms with van der Waals surface area (Å²) < 4.78 is 22.9. The van der Waals surface area contributed by atoms with Crippen molar-refractivity contribution in [3.8, 4) is 0 Å². The first-order valence-electron chi connectivity index (χ1n) is 7.19. The van der Waals surface area contributed by atoms with Crippen LogP contribution in [0.15, 0.2) is 29.2 Å². The van der Waals surface area contributed by atoms with Crippen molar-refractivity contribution >= 4 is 9.84 Å². The van der Waals surface area contributed by atoms with Crippen molar-refractivity contribution in [1.82, 2.24) is 10.2 Å². The number of hydrogen-bond acceptors (Lipinski definition) is 4. The summed E-state index contributed by atoms with van der Waals surface area (Å²) >= 11 is 0. The minimum Gasteiger partial charge on any atom is -0.310 e. The molecule has 4 nitrogen and oxygen atoms in total. The maximum absolute atomic E-state index is 11.5. The van der Waals surface area contributed by atoms with E-state index in [0.717, 1.165) is 18.7 Å². The van der Waals surface area contributed by atoms with Gasteiger partial charge in [0.25, 0.3) is 0 Å². The summed E-state index contributed by atoms with van der Waals surface area (Å²) in [6, 6.07) is 7.31. The molecule has 1 atom stereocenters. The standard InChI is InChI=1S/C16H28N2O2S/c1-13(17-11-16(2,3)12-18(4)5)14-7-9-15(10-8-14)21(6,19)20/h7-10,13,17H,11-12H2,1-6H3. The second-order valence-electron chi connectivity index (χ2n) is 6.85. The molecule has 120 valence electrons. The molecule has 0 spiro atoms. The van der Waals surface area contributed by atoms with E-state index in [4.69, 9.17) is 0 Å². The van der Waals surface area contributed by atoms with Gasteiger partial charge in [-0.3, -0.25) is 0 Å². The molecule has 0 aliphatic heterocycles. The first kappa shape index (κ1) is 18.1. The highest BCUT2D eigenvalue weighted by Crippen LogP contribution is 2.19. The SMILES string of the molecule is CC(NCC(C)(C)CN(C)C)c1ccc(S(C)(=O)=O)cc1. The number of sulfone groups is 1. The molecule has 0 aliphatic rings. The second-order valence-corrected chi connectivity index (χ2v) is 8.86. The molecule has 0 radical (unpaired) electrons. The van der Waals surface area contributed by atoms with Gasteiger partial charge >= 0.3 is 0 Å². The summed E-state index contributed by atoms with van der Waals surface area (Å²) in [6.07, 6.45) is 1.23. The molecule has 1 aromatic rings. The molecule has 1 rings (SSSR count). The van der Waals surface area contributed by atoms with Crippen molar-refractivity contribution in [2.24, 2.45) is 5.41 Å². The molecule has 1 aromatic carbocycles. The van der Waals surface area contributed by atoms with Crippen LogP contribution in [0, 0.1) is 5.41 Å². The topological polar surface area (TPSA) is 49.4 Å². The van der Waals surface area contributed by atoms with Gasteiger partial charge in [-0.25, -0.2) is 8.42 Å². The zero-order chi connectivity index (χ0) is 16.3. The fraction of sp³-hybridized carbons (Fsp3) is 0.625. The smallest absolute Gasteiger partial charge is 0.175 e. The highest BCUT2D eigenvalue weighted by Gasteiger charge is 2.20. The number of nitrogens with zero attached hydrogens (tertiary/aromatic N) is 1. The molecule has 1 N–H and O–H groups in total. The van der Waals surface area contributed by atoms with E-state index in [0.29, 0.717) is 4.90 Å². The molecular weight excluding hydrogens is 284 g/mol. The quantitative estimate of drug-likeness (QED) is 0.839. The Morgan fingerprint density at radius 2 is 1.71 bits per heavy atom. The third-order valence-corrected chi connectivity index (χ3v) is 4.57. The minimum absolute atomic E-state index is 0.185. The van der Waals surface area contributed by atoms with E-state index < -0.39 is 9.84 Å². The summed E-state index contributed by atoms with van der Waals surface area (Å²) in [5.74, 6) is 0. The Labute approximate surface area is 129 Å². The monoisotopic (exact) mass is 312 g/mol. The van der Waals surface area contributed by atoms with Crippen LogP contribution in [0.4, 0.5) is 0 Å². The molecule has 0 saturated heterocycles. The van der Waals surface area contributed by atoms with Crippen molar-refractivity contribution in [2.75, 3.05) is 33.4 Å². The van der Waals surface area contributed by atoms with Crippen LogP contribution in [-0.2, 0) is 9.84 Å². The van der Waals surface area contributed by atoms with Crippen molar-refractivity contribution in [1.29, 1.82) is 0 Å². The van der Waals surface area contributed by atoms with E-state index in [9.17, 15) is 8.42 Å². The third-order valence-electron chi connectivity index (χ3n) is 3.44. The van der Waals surface area contributed by atoms with Crippen LogP contribution in [0.3, 0.4) is 0 Å². The number of hydrogen-bond donors (Lipinski definition) is 1. The van der Waals surface area contributed by atoms with E-state index in [1.807, 2.05) is 12.1 Å². The summed E-state index contributed by atoms with van der Waals surface area (Å²) in [5.41, 5.74) is 1.29. The van der Waals surface area contributed by atoms with Gasteiger partial charge in [0.05, 0.1) is 4.90 Å². The van der Waals surface area contributed by atoms with Gasteiger partial charge in [0.1, 0.15) is 0 Å². The Bertz CT molecular complexity index is 548. The lowest BCUT2D eigenvalue weighted by Crippen LogP contribution is -2.38. The predicted octanol–water partition coefficient (Wildman–Crippen LogP) is 2.33. The lowest BCUT2D eigenvalue weighted by Gasteiger charge is -2.30. The fourth-order valence-electron chi connectivity index (χ4n) is 2.46. The lowest BCUT2D eigenvalue weighted by atomic mass is 9.92. The average molecular weight is 312 g/mol. The van der Waals surface area contributed by atoms with Crippen LogP contribution in [0.1, 0.15) is 32.4 Å². The van der Waals surface area contributed by atoms with Crippen LogP contribution >= 0.6 is 0 Å². The zero-order valence-electron chi connectivity index (χ0n) is 14.0. The number of rotatable bonds is 7. The van der Waals surface area contributed by atoms with Gasteiger partial charge < -0.3 is 10.2 Å². The Kier molecular flexibility index (Phi) is 5.96. The van der Waals surface area contributed by atoms with E-state index in [-0.39, 0.29) is 11.5 Å². The Morgan fingerprint density at radius 3 is 2.14 bits per heavy atom. The lowest BCUT2D eigenvalue weighted by molar-refractivity contribution is 0.227. The average Bonchev–Trinajstić information content (AvgIpc) is 2.33. The van der Waals surface area contributed by atoms with E-state index >= 15 is 0 Å². The number of nitrogens with one attached hydrogen (secondary N) is 1. The van der Waals surface area contributed by atoms with E-state index in [1.54, 1.807) is 12.1 Å². The van der Waals surface area contributed by atoms with E-state index in [2.05, 4.69) is 45.1 Å². The van der Waals surface area contributed by atoms with Crippen molar-refractivity contribution in [3.63, 3.8) is 0 Å². The molecule has 0 bridgehead atoms. The van der Waals surface area contributed by atoms with Gasteiger partial charge in [0, 0.05) is 25.4 Å². The van der Waals surface area contributed by atoms with Gasteiger partial charge in [-0.2, -0.15) is 0 Å². The molecule has 0 amide bonds. The Balaban J connectivity index is 2.66. The van der Waals surface area contributed by atoms with Crippen molar-refractivity contribution in [3.05, 3.63) is 29.8 Å². The van der Waals surface area contributed by atoms with Crippen LogP contribution in [-0.4, -0.2) is 46.8 Å². The molecule has 0 fully saturated rings. The number of benzene rings is 1. The fourth-order valence-corrected chi connectivity index (χ4v) is 3.09. The van der Waals surface area contributed by atoms with Crippen LogP contribution < -0.4 is 5.32 Å². The van der Waals surface area contributed by atoms with Gasteiger partial charge in [0.2, 0.25) is 0 Å². The van der Waals surface area contributed by atoms with Crippen LogP contribution in [0.5, 0.6) is 0 Å². The predicted molar refractivity (Wildman–Crippen MR) is 88.3 cm³/mol. The van der Waals surface area contributed by atoms with Crippen molar-refractivity contribution in [2.45, 2.75) is 31.7 Å². The summed E-state index contributed by atoms with van der Waals surface area (Å²) in [7, 11) is 1.04. The van der Waals surface area contributed by atoms with Crippen molar-refractivity contribution < 1.29 is 8.42 Å². The normalized spacial score (nSPS) is 14.4. The second kappa shape index (κ2) is 6.90. The maximum Gasteiger partial charge on any atom is 0.175 e.